The van der Waals surface area contributed by atoms with Crippen molar-refractivity contribution < 1.29 is 4.74 Å². The van der Waals surface area contributed by atoms with E-state index in [1.54, 1.807) is 13.4 Å². The maximum atomic E-state index is 5.44. The van der Waals surface area contributed by atoms with Crippen molar-refractivity contribution in [1.29, 1.82) is 0 Å². The Labute approximate surface area is 96.2 Å². The second-order valence-corrected chi connectivity index (χ2v) is 4.28. The lowest BCUT2D eigenvalue weighted by Gasteiger charge is -2.15. The molecule has 0 saturated heterocycles. The average Bonchev–Trinajstić information content (AvgIpc) is 2.64. The first-order chi connectivity index (χ1) is 7.67. The summed E-state index contributed by atoms with van der Waals surface area (Å²) in [7, 11) is 1.66. The molecular weight excluding hydrogens is 206 g/mol. The molecule has 16 heavy (non-hydrogen) atoms. The van der Waals surface area contributed by atoms with E-state index < -0.39 is 0 Å². The summed E-state index contributed by atoms with van der Waals surface area (Å²) in [6.45, 7) is 5.74. The molecule has 0 radical (unpaired) electrons. The van der Waals surface area contributed by atoms with Crippen LogP contribution in [0, 0.1) is 5.92 Å². The molecule has 6 nitrogen and oxygen atoms in total. The first-order valence-electron chi connectivity index (χ1n) is 5.49. The summed E-state index contributed by atoms with van der Waals surface area (Å²) in [6.07, 6.45) is 2.30. The summed E-state index contributed by atoms with van der Waals surface area (Å²) in [6, 6.07) is 0.0695. The third kappa shape index (κ3) is 3.88. The van der Waals surface area contributed by atoms with Crippen LogP contribution in [0.4, 0.5) is 0 Å². The third-order valence-corrected chi connectivity index (χ3v) is 2.27. The number of hydrazine groups is 1. The van der Waals surface area contributed by atoms with Crippen LogP contribution in [-0.4, -0.2) is 34.5 Å². The highest BCUT2D eigenvalue weighted by Crippen LogP contribution is 2.04. The topological polar surface area (TPSA) is 78.0 Å². The highest BCUT2D eigenvalue weighted by atomic mass is 16.5. The van der Waals surface area contributed by atoms with Gasteiger partial charge in [-0.1, -0.05) is 13.8 Å². The van der Waals surface area contributed by atoms with Gasteiger partial charge >= 0.3 is 0 Å². The van der Waals surface area contributed by atoms with Gasteiger partial charge in [0.05, 0.1) is 12.6 Å². The molecule has 1 heterocycles. The summed E-state index contributed by atoms with van der Waals surface area (Å²) >= 11 is 0. The van der Waals surface area contributed by atoms with Crippen molar-refractivity contribution in [3.63, 3.8) is 0 Å². The van der Waals surface area contributed by atoms with E-state index in [1.807, 2.05) is 4.68 Å². The van der Waals surface area contributed by atoms with Gasteiger partial charge in [0.2, 0.25) is 0 Å². The number of ether oxygens (including phenoxy) is 1. The summed E-state index contributed by atoms with van der Waals surface area (Å²) in [5.74, 6) is 6.93. The number of rotatable bonds is 7. The second-order valence-electron chi connectivity index (χ2n) is 4.28. The van der Waals surface area contributed by atoms with Gasteiger partial charge in [0.15, 0.2) is 0 Å². The fourth-order valence-corrected chi connectivity index (χ4v) is 1.53. The first-order valence-corrected chi connectivity index (χ1v) is 5.49. The Morgan fingerprint density at radius 2 is 2.31 bits per heavy atom. The van der Waals surface area contributed by atoms with E-state index in [1.165, 1.54) is 0 Å². The molecule has 1 unspecified atom stereocenters. The van der Waals surface area contributed by atoms with Crippen molar-refractivity contribution >= 4 is 0 Å². The Kier molecular flexibility index (Phi) is 5.37. The predicted octanol–water partition coefficient (Wildman–Crippen LogP) is -0.0451. The Morgan fingerprint density at radius 3 is 2.88 bits per heavy atom. The van der Waals surface area contributed by atoms with Crippen LogP contribution >= 0.6 is 0 Å². The molecule has 0 aromatic carbocycles. The van der Waals surface area contributed by atoms with Crippen LogP contribution in [0.5, 0.6) is 0 Å². The summed E-state index contributed by atoms with van der Waals surface area (Å²) in [5.41, 5.74) is 2.72. The van der Waals surface area contributed by atoms with Crippen molar-refractivity contribution in [3.05, 3.63) is 12.2 Å². The molecule has 6 heteroatoms. The minimum Gasteiger partial charge on any atom is -0.383 e. The van der Waals surface area contributed by atoms with Crippen LogP contribution in [0.1, 0.15) is 19.7 Å². The molecule has 0 spiro atoms. The van der Waals surface area contributed by atoms with Crippen LogP contribution in [0.15, 0.2) is 6.33 Å². The Hall–Kier alpha value is -0.980. The molecule has 1 aromatic rings. The summed E-state index contributed by atoms with van der Waals surface area (Å²) < 4.78 is 6.99. The van der Waals surface area contributed by atoms with Crippen molar-refractivity contribution in [3.8, 4) is 0 Å². The van der Waals surface area contributed by atoms with Gasteiger partial charge in [0.1, 0.15) is 12.2 Å². The van der Waals surface area contributed by atoms with Gasteiger partial charge in [-0.3, -0.25) is 11.3 Å². The van der Waals surface area contributed by atoms with E-state index in [2.05, 4.69) is 29.4 Å². The smallest absolute Gasteiger partial charge is 0.138 e. The van der Waals surface area contributed by atoms with Gasteiger partial charge in [0, 0.05) is 20.1 Å². The Bertz CT molecular complexity index is 299. The standard InChI is InChI=1S/C10H21N5O/c1-8(2)5-15-10(12-7-13-15)4-9(14-11)6-16-3/h7-9,14H,4-6,11H2,1-3H3. The molecule has 0 aliphatic rings. The van der Waals surface area contributed by atoms with Crippen LogP contribution in [0.25, 0.3) is 0 Å². The zero-order valence-corrected chi connectivity index (χ0v) is 10.2. The number of nitrogens with two attached hydrogens (primary N) is 1. The lowest BCUT2D eigenvalue weighted by molar-refractivity contribution is 0.165. The highest BCUT2D eigenvalue weighted by Gasteiger charge is 2.12. The van der Waals surface area contributed by atoms with E-state index in [4.69, 9.17) is 10.6 Å². The molecule has 0 fully saturated rings. The lowest BCUT2D eigenvalue weighted by Crippen LogP contribution is -2.40. The fraction of sp³-hybridized carbons (Fsp3) is 0.800. The number of hydrogen-bond acceptors (Lipinski definition) is 5. The maximum Gasteiger partial charge on any atom is 0.138 e. The van der Waals surface area contributed by atoms with Gasteiger partial charge < -0.3 is 4.74 Å². The van der Waals surface area contributed by atoms with E-state index >= 15 is 0 Å². The van der Waals surface area contributed by atoms with Gasteiger partial charge in [-0.25, -0.2) is 9.67 Å². The number of nitrogens with zero attached hydrogens (tertiary/aromatic N) is 3. The molecule has 0 saturated carbocycles. The second kappa shape index (κ2) is 6.57. The van der Waals surface area contributed by atoms with Gasteiger partial charge in [-0.15, -0.1) is 0 Å². The van der Waals surface area contributed by atoms with Crippen LogP contribution in [0.3, 0.4) is 0 Å². The van der Waals surface area contributed by atoms with Crippen LogP contribution in [0.2, 0.25) is 0 Å². The maximum absolute atomic E-state index is 5.44. The molecule has 0 bridgehead atoms. The quantitative estimate of drug-likeness (QED) is 0.504. The molecule has 0 aliphatic heterocycles. The molecular formula is C10H21N5O. The van der Waals surface area contributed by atoms with Gasteiger partial charge in [0.25, 0.3) is 0 Å². The lowest BCUT2D eigenvalue weighted by atomic mass is 10.2. The Balaban J connectivity index is 2.61. The van der Waals surface area contributed by atoms with Crippen molar-refractivity contribution in [1.82, 2.24) is 20.2 Å². The van der Waals surface area contributed by atoms with E-state index in [-0.39, 0.29) is 6.04 Å². The molecule has 1 atom stereocenters. The zero-order valence-electron chi connectivity index (χ0n) is 10.2. The number of nitrogens with one attached hydrogen (secondary N) is 1. The van der Waals surface area contributed by atoms with E-state index in [0.717, 1.165) is 18.8 Å². The normalized spacial score (nSPS) is 13.3. The highest BCUT2D eigenvalue weighted by molar-refractivity contribution is 4.89. The molecule has 0 aliphatic carbocycles. The van der Waals surface area contributed by atoms with Gasteiger partial charge in [-0.05, 0) is 5.92 Å². The van der Waals surface area contributed by atoms with E-state index in [0.29, 0.717) is 12.5 Å². The number of hydrogen-bond donors (Lipinski definition) is 2. The molecule has 1 rings (SSSR count). The first kappa shape index (κ1) is 13.1. The largest absolute Gasteiger partial charge is 0.383 e. The zero-order chi connectivity index (χ0) is 12.0. The minimum atomic E-state index is 0.0695. The minimum absolute atomic E-state index is 0.0695. The molecule has 1 aromatic heterocycles. The van der Waals surface area contributed by atoms with Crippen molar-refractivity contribution in [2.75, 3.05) is 13.7 Å². The van der Waals surface area contributed by atoms with Crippen LogP contribution < -0.4 is 11.3 Å². The number of aromatic nitrogens is 3. The summed E-state index contributed by atoms with van der Waals surface area (Å²) in [5, 5.41) is 4.20. The SMILES string of the molecule is COCC(Cc1ncnn1CC(C)C)NN. The molecule has 92 valence electrons. The third-order valence-electron chi connectivity index (χ3n) is 2.27. The molecule has 3 N–H and O–H groups in total. The van der Waals surface area contributed by atoms with Crippen LogP contribution in [-0.2, 0) is 17.7 Å². The fourth-order valence-electron chi connectivity index (χ4n) is 1.53. The average molecular weight is 227 g/mol. The molecule has 0 amide bonds. The predicted molar refractivity (Wildman–Crippen MR) is 61.6 cm³/mol. The number of methoxy groups -OCH3 is 1. The van der Waals surface area contributed by atoms with Crippen molar-refractivity contribution in [2.45, 2.75) is 32.9 Å². The summed E-state index contributed by atoms with van der Waals surface area (Å²) in [4.78, 5) is 4.24. The monoisotopic (exact) mass is 227 g/mol. The van der Waals surface area contributed by atoms with Crippen molar-refractivity contribution in [2.24, 2.45) is 11.8 Å². The van der Waals surface area contributed by atoms with Gasteiger partial charge in [-0.2, -0.15) is 5.10 Å². The Morgan fingerprint density at radius 1 is 1.56 bits per heavy atom. The van der Waals surface area contributed by atoms with E-state index in [9.17, 15) is 0 Å².